The van der Waals surface area contributed by atoms with Gasteiger partial charge in [0.1, 0.15) is 5.82 Å². The number of imidazole rings is 1. The van der Waals surface area contributed by atoms with E-state index in [4.69, 9.17) is 5.26 Å². The SMILES string of the molecule is CCC(C#N)c1ccc2nc(C(C)(C)C)[nH]c2c1. The van der Waals surface area contributed by atoms with Gasteiger partial charge in [0.2, 0.25) is 0 Å². The molecule has 0 aliphatic rings. The van der Waals surface area contributed by atoms with Crippen LogP contribution < -0.4 is 0 Å². The van der Waals surface area contributed by atoms with Crippen molar-refractivity contribution in [2.75, 3.05) is 0 Å². The minimum absolute atomic E-state index is 0.0125. The maximum absolute atomic E-state index is 9.11. The average molecular weight is 241 g/mol. The maximum Gasteiger partial charge on any atom is 0.112 e. The Morgan fingerprint density at radius 2 is 2.11 bits per heavy atom. The molecule has 0 bridgehead atoms. The summed E-state index contributed by atoms with van der Waals surface area (Å²) < 4.78 is 0. The Kier molecular flexibility index (Phi) is 3.13. The normalized spacial score (nSPS) is 13.5. The lowest BCUT2D eigenvalue weighted by molar-refractivity contribution is 0.554. The van der Waals surface area contributed by atoms with Gasteiger partial charge in [0.15, 0.2) is 0 Å². The minimum atomic E-state index is -0.0317. The maximum atomic E-state index is 9.11. The van der Waals surface area contributed by atoms with Crippen LogP contribution in [0, 0.1) is 11.3 Å². The van der Waals surface area contributed by atoms with Gasteiger partial charge in [0, 0.05) is 5.41 Å². The van der Waals surface area contributed by atoms with Crippen LogP contribution in [0.3, 0.4) is 0 Å². The van der Waals surface area contributed by atoms with Crippen LogP contribution >= 0.6 is 0 Å². The number of hydrogen-bond donors (Lipinski definition) is 1. The van der Waals surface area contributed by atoms with E-state index in [1.165, 1.54) is 0 Å². The van der Waals surface area contributed by atoms with Gasteiger partial charge in [-0.3, -0.25) is 0 Å². The van der Waals surface area contributed by atoms with E-state index in [0.29, 0.717) is 0 Å². The highest BCUT2D eigenvalue weighted by molar-refractivity contribution is 5.76. The van der Waals surface area contributed by atoms with Crippen LogP contribution in [0.25, 0.3) is 11.0 Å². The summed E-state index contributed by atoms with van der Waals surface area (Å²) in [6.45, 7) is 8.44. The van der Waals surface area contributed by atoms with Crippen molar-refractivity contribution >= 4 is 11.0 Å². The molecule has 0 amide bonds. The second-order valence-electron chi connectivity index (χ2n) is 5.70. The first-order valence-corrected chi connectivity index (χ1v) is 6.35. The highest BCUT2D eigenvalue weighted by Gasteiger charge is 2.18. The highest BCUT2D eigenvalue weighted by Crippen LogP contribution is 2.26. The van der Waals surface area contributed by atoms with Crippen molar-refractivity contribution in [3.05, 3.63) is 29.6 Å². The van der Waals surface area contributed by atoms with Crippen LogP contribution in [0.1, 0.15) is 51.4 Å². The molecule has 0 fully saturated rings. The third-order valence-electron chi connectivity index (χ3n) is 3.18. The lowest BCUT2D eigenvalue weighted by Crippen LogP contribution is -2.12. The Morgan fingerprint density at radius 1 is 1.39 bits per heavy atom. The first kappa shape index (κ1) is 12.6. The smallest absolute Gasteiger partial charge is 0.112 e. The van der Waals surface area contributed by atoms with Crippen LogP contribution in [0.2, 0.25) is 0 Å². The van der Waals surface area contributed by atoms with Gasteiger partial charge in [0.25, 0.3) is 0 Å². The molecule has 18 heavy (non-hydrogen) atoms. The number of nitriles is 1. The molecule has 0 radical (unpaired) electrons. The number of benzene rings is 1. The van der Waals surface area contributed by atoms with E-state index in [1.807, 2.05) is 19.1 Å². The van der Waals surface area contributed by atoms with Gasteiger partial charge < -0.3 is 4.98 Å². The van der Waals surface area contributed by atoms with E-state index in [0.717, 1.165) is 28.8 Å². The van der Waals surface area contributed by atoms with Crippen molar-refractivity contribution in [3.63, 3.8) is 0 Å². The predicted octanol–water partition coefficient (Wildman–Crippen LogP) is 3.88. The van der Waals surface area contributed by atoms with E-state index < -0.39 is 0 Å². The van der Waals surface area contributed by atoms with E-state index in [9.17, 15) is 0 Å². The summed E-state index contributed by atoms with van der Waals surface area (Å²) in [5.41, 5.74) is 3.07. The number of hydrogen-bond acceptors (Lipinski definition) is 2. The van der Waals surface area contributed by atoms with Gasteiger partial charge in [-0.25, -0.2) is 4.98 Å². The largest absolute Gasteiger partial charge is 0.342 e. The Morgan fingerprint density at radius 3 is 2.67 bits per heavy atom. The minimum Gasteiger partial charge on any atom is -0.342 e. The summed E-state index contributed by atoms with van der Waals surface area (Å²) in [5, 5.41) is 9.11. The number of aromatic amines is 1. The lowest BCUT2D eigenvalue weighted by atomic mass is 9.96. The molecule has 1 aromatic carbocycles. The van der Waals surface area contributed by atoms with Gasteiger partial charge in [-0.05, 0) is 24.1 Å². The molecular formula is C15H19N3. The highest BCUT2D eigenvalue weighted by atomic mass is 14.9. The van der Waals surface area contributed by atoms with Crippen molar-refractivity contribution in [2.45, 2.75) is 45.4 Å². The fourth-order valence-corrected chi connectivity index (χ4v) is 2.00. The second-order valence-corrected chi connectivity index (χ2v) is 5.70. The molecule has 1 atom stereocenters. The number of nitrogens with zero attached hydrogens (tertiary/aromatic N) is 2. The number of H-pyrrole nitrogens is 1. The predicted molar refractivity (Wildman–Crippen MR) is 73.4 cm³/mol. The van der Waals surface area contributed by atoms with Crippen molar-refractivity contribution < 1.29 is 0 Å². The number of nitrogens with one attached hydrogen (secondary N) is 1. The topological polar surface area (TPSA) is 52.5 Å². The molecule has 2 aromatic rings. The van der Waals surface area contributed by atoms with Crippen molar-refractivity contribution in [2.24, 2.45) is 0 Å². The molecule has 1 N–H and O–H groups in total. The molecule has 0 saturated heterocycles. The lowest BCUT2D eigenvalue weighted by Gasteiger charge is -2.13. The molecule has 0 aliphatic heterocycles. The van der Waals surface area contributed by atoms with Crippen molar-refractivity contribution in [1.29, 1.82) is 5.26 Å². The molecule has 1 heterocycles. The monoisotopic (exact) mass is 241 g/mol. The van der Waals surface area contributed by atoms with Crippen LogP contribution in [-0.4, -0.2) is 9.97 Å². The molecule has 0 aliphatic carbocycles. The molecule has 94 valence electrons. The van der Waals surface area contributed by atoms with Crippen LogP contribution in [-0.2, 0) is 5.41 Å². The number of rotatable bonds is 2. The molecule has 3 nitrogen and oxygen atoms in total. The summed E-state index contributed by atoms with van der Waals surface area (Å²) in [4.78, 5) is 7.96. The summed E-state index contributed by atoms with van der Waals surface area (Å²) in [5.74, 6) is 0.954. The number of fused-ring (bicyclic) bond motifs is 1. The molecule has 0 saturated carbocycles. The van der Waals surface area contributed by atoms with E-state index in [1.54, 1.807) is 0 Å². The Balaban J connectivity index is 2.50. The van der Waals surface area contributed by atoms with Gasteiger partial charge >= 0.3 is 0 Å². The van der Waals surface area contributed by atoms with Crippen molar-refractivity contribution in [1.82, 2.24) is 9.97 Å². The Labute approximate surface area is 108 Å². The third kappa shape index (κ3) is 2.24. The van der Waals surface area contributed by atoms with Gasteiger partial charge in [-0.15, -0.1) is 0 Å². The molecule has 1 aromatic heterocycles. The quantitative estimate of drug-likeness (QED) is 0.867. The summed E-state index contributed by atoms with van der Waals surface area (Å²) >= 11 is 0. The summed E-state index contributed by atoms with van der Waals surface area (Å²) in [7, 11) is 0. The van der Waals surface area contributed by atoms with E-state index in [2.05, 4.69) is 42.9 Å². The van der Waals surface area contributed by atoms with Gasteiger partial charge in [-0.2, -0.15) is 5.26 Å². The van der Waals surface area contributed by atoms with Crippen LogP contribution in [0.15, 0.2) is 18.2 Å². The second kappa shape index (κ2) is 4.45. The zero-order valence-electron chi connectivity index (χ0n) is 11.4. The third-order valence-corrected chi connectivity index (χ3v) is 3.18. The first-order chi connectivity index (χ1) is 8.45. The standard InChI is InChI=1S/C15H19N3/c1-5-10(9-16)11-6-7-12-13(8-11)18-14(17-12)15(2,3)4/h6-8,10H,5H2,1-4H3,(H,17,18). The van der Waals surface area contributed by atoms with Crippen LogP contribution in [0.5, 0.6) is 0 Å². The summed E-state index contributed by atoms with van der Waals surface area (Å²) in [6, 6.07) is 8.39. The average Bonchev–Trinajstić information content (AvgIpc) is 2.73. The summed E-state index contributed by atoms with van der Waals surface area (Å²) in [6.07, 6.45) is 0.836. The van der Waals surface area contributed by atoms with Crippen molar-refractivity contribution in [3.8, 4) is 6.07 Å². The number of aromatic nitrogens is 2. The van der Waals surface area contributed by atoms with E-state index >= 15 is 0 Å². The van der Waals surface area contributed by atoms with Gasteiger partial charge in [-0.1, -0.05) is 33.8 Å². The Bertz CT molecular complexity index is 596. The molecule has 1 unspecified atom stereocenters. The van der Waals surface area contributed by atoms with E-state index in [-0.39, 0.29) is 11.3 Å². The fourth-order valence-electron chi connectivity index (χ4n) is 2.00. The zero-order chi connectivity index (χ0) is 13.3. The fraction of sp³-hybridized carbons (Fsp3) is 0.467. The Hall–Kier alpha value is -1.82. The van der Waals surface area contributed by atoms with Crippen LogP contribution in [0.4, 0.5) is 0 Å². The molecule has 2 rings (SSSR count). The zero-order valence-corrected chi connectivity index (χ0v) is 11.4. The van der Waals surface area contributed by atoms with Gasteiger partial charge in [0.05, 0.1) is 23.0 Å². The molecule has 3 heteroatoms. The first-order valence-electron chi connectivity index (χ1n) is 6.35. The molecular weight excluding hydrogens is 222 g/mol. The molecule has 0 spiro atoms.